The van der Waals surface area contributed by atoms with Crippen LogP contribution >= 0.6 is 0 Å². The van der Waals surface area contributed by atoms with Crippen molar-refractivity contribution in [1.29, 1.82) is 0 Å². The van der Waals surface area contributed by atoms with Gasteiger partial charge in [0.1, 0.15) is 11.6 Å². The lowest BCUT2D eigenvalue weighted by atomic mass is 9.80. The van der Waals surface area contributed by atoms with Crippen molar-refractivity contribution in [2.75, 3.05) is 26.2 Å². The number of rotatable bonds is 8. The molecule has 1 unspecified atom stereocenters. The number of hydrogen-bond donors (Lipinski definition) is 3. The first kappa shape index (κ1) is 26.5. The van der Waals surface area contributed by atoms with Crippen molar-refractivity contribution < 1.29 is 9.59 Å². The molecule has 2 saturated heterocycles. The zero-order chi connectivity index (χ0) is 28.5. The van der Waals surface area contributed by atoms with Crippen molar-refractivity contribution >= 4 is 33.6 Å². The van der Waals surface area contributed by atoms with Gasteiger partial charge in [0, 0.05) is 66.8 Å². The largest absolute Gasteiger partial charge is 0.361 e. The molecular formula is C35H37N5O2. The van der Waals surface area contributed by atoms with E-state index in [1.54, 1.807) is 0 Å². The van der Waals surface area contributed by atoms with E-state index in [1.165, 1.54) is 16.5 Å². The van der Waals surface area contributed by atoms with Gasteiger partial charge in [0.25, 0.3) is 0 Å². The number of aromatic nitrogens is 2. The third-order valence-corrected chi connectivity index (χ3v) is 9.43. The van der Waals surface area contributed by atoms with Crippen LogP contribution in [0.4, 0.5) is 0 Å². The van der Waals surface area contributed by atoms with Gasteiger partial charge in [0.2, 0.25) is 11.8 Å². The molecule has 0 radical (unpaired) electrons. The van der Waals surface area contributed by atoms with Crippen LogP contribution < -0.4 is 5.32 Å². The zero-order valence-corrected chi connectivity index (χ0v) is 23.8. The Morgan fingerprint density at radius 2 is 1.33 bits per heavy atom. The SMILES string of the molecule is O=C1C(Cc2c[nH]c3ccccc23)NC(=O)C2(CCN(CCc3ccccc3)CC2)N1CCc1c[nH]c2ccccc12. The topological polar surface area (TPSA) is 84.2 Å². The van der Waals surface area contributed by atoms with E-state index in [9.17, 15) is 9.59 Å². The van der Waals surface area contributed by atoms with E-state index in [2.05, 4.69) is 62.6 Å². The molecule has 2 aromatic heterocycles. The summed E-state index contributed by atoms with van der Waals surface area (Å²) in [6, 6.07) is 26.3. The summed E-state index contributed by atoms with van der Waals surface area (Å²) < 4.78 is 0. The average Bonchev–Trinajstić information content (AvgIpc) is 3.64. The van der Waals surface area contributed by atoms with Crippen molar-refractivity contribution in [2.45, 2.75) is 43.7 Å². The number of fused-ring (bicyclic) bond motifs is 2. The van der Waals surface area contributed by atoms with Gasteiger partial charge >= 0.3 is 0 Å². The molecule has 5 aromatic rings. The van der Waals surface area contributed by atoms with Crippen molar-refractivity contribution in [3.05, 3.63) is 108 Å². The second-order valence-electron chi connectivity index (χ2n) is 11.8. The molecule has 214 valence electrons. The predicted octanol–water partition coefficient (Wildman–Crippen LogP) is 4.84. The lowest BCUT2D eigenvalue weighted by Gasteiger charge is -2.51. The monoisotopic (exact) mass is 559 g/mol. The highest BCUT2D eigenvalue weighted by molar-refractivity contribution is 6.00. The van der Waals surface area contributed by atoms with Crippen molar-refractivity contribution in [3.8, 4) is 0 Å². The van der Waals surface area contributed by atoms with Crippen molar-refractivity contribution in [2.24, 2.45) is 0 Å². The van der Waals surface area contributed by atoms with Crippen LogP contribution in [0.2, 0.25) is 0 Å². The van der Waals surface area contributed by atoms with Gasteiger partial charge in [0.05, 0.1) is 0 Å². The van der Waals surface area contributed by atoms with Gasteiger partial charge in [-0.25, -0.2) is 0 Å². The van der Waals surface area contributed by atoms with Crippen LogP contribution in [-0.4, -0.2) is 69.3 Å². The minimum absolute atomic E-state index is 0.00595. The molecule has 3 aromatic carbocycles. The number of nitrogens with zero attached hydrogens (tertiary/aromatic N) is 2. The summed E-state index contributed by atoms with van der Waals surface area (Å²) in [5.41, 5.74) is 4.86. The first-order valence-corrected chi connectivity index (χ1v) is 15.1. The van der Waals surface area contributed by atoms with E-state index in [-0.39, 0.29) is 11.8 Å². The number of aromatic amines is 2. The molecule has 2 aliphatic heterocycles. The Morgan fingerprint density at radius 1 is 0.714 bits per heavy atom. The van der Waals surface area contributed by atoms with Crippen LogP contribution in [0.5, 0.6) is 0 Å². The molecule has 42 heavy (non-hydrogen) atoms. The molecular weight excluding hydrogens is 522 g/mol. The highest BCUT2D eigenvalue weighted by Crippen LogP contribution is 2.35. The Kier molecular flexibility index (Phi) is 7.04. The summed E-state index contributed by atoms with van der Waals surface area (Å²) in [5, 5.41) is 5.45. The number of amides is 2. The minimum Gasteiger partial charge on any atom is -0.361 e. The fourth-order valence-electron chi connectivity index (χ4n) is 7.01. The fourth-order valence-corrected chi connectivity index (χ4v) is 7.01. The molecule has 2 aliphatic rings. The smallest absolute Gasteiger partial charge is 0.246 e. The van der Waals surface area contributed by atoms with Crippen molar-refractivity contribution in [1.82, 2.24) is 25.1 Å². The lowest BCUT2D eigenvalue weighted by molar-refractivity contribution is -0.161. The fraction of sp³-hybridized carbons (Fsp3) is 0.314. The number of benzene rings is 3. The first-order valence-electron chi connectivity index (χ1n) is 15.1. The second-order valence-corrected chi connectivity index (χ2v) is 11.8. The maximum absolute atomic E-state index is 14.3. The molecule has 1 spiro atoms. The highest BCUT2D eigenvalue weighted by Gasteiger charge is 2.53. The first-order chi connectivity index (χ1) is 20.6. The average molecular weight is 560 g/mol. The van der Waals surface area contributed by atoms with E-state index < -0.39 is 11.6 Å². The van der Waals surface area contributed by atoms with Gasteiger partial charge < -0.3 is 25.1 Å². The van der Waals surface area contributed by atoms with Crippen molar-refractivity contribution in [3.63, 3.8) is 0 Å². The summed E-state index contributed by atoms with van der Waals surface area (Å²) in [5.74, 6) is 0.0195. The van der Waals surface area contributed by atoms with Crippen LogP contribution in [0, 0.1) is 0 Å². The van der Waals surface area contributed by atoms with Crippen LogP contribution in [0.15, 0.2) is 91.3 Å². The van der Waals surface area contributed by atoms with E-state index in [0.29, 0.717) is 32.2 Å². The van der Waals surface area contributed by atoms with E-state index in [4.69, 9.17) is 0 Å². The molecule has 7 heteroatoms. The summed E-state index contributed by atoms with van der Waals surface area (Å²) in [6.07, 6.45) is 7.45. The van der Waals surface area contributed by atoms with E-state index in [0.717, 1.165) is 48.0 Å². The lowest BCUT2D eigenvalue weighted by Crippen LogP contribution is -2.73. The number of nitrogens with one attached hydrogen (secondary N) is 3. The quantitative estimate of drug-likeness (QED) is 0.254. The molecule has 7 rings (SSSR count). The molecule has 0 saturated carbocycles. The second kappa shape index (κ2) is 11.1. The minimum atomic E-state index is -0.816. The molecule has 2 amide bonds. The number of carbonyl (C=O) groups is 2. The molecule has 0 aliphatic carbocycles. The Morgan fingerprint density at radius 3 is 2.05 bits per heavy atom. The number of likely N-dealkylation sites (tertiary alicyclic amines) is 1. The number of para-hydroxylation sites is 2. The highest BCUT2D eigenvalue weighted by atomic mass is 16.2. The number of carbonyl (C=O) groups excluding carboxylic acids is 2. The van der Waals surface area contributed by atoms with E-state index >= 15 is 0 Å². The Balaban J connectivity index is 1.12. The van der Waals surface area contributed by atoms with E-state index in [1.807, 2.05) is 53.7 Å². The Hall–Kier alpha value is -4.36. The van der Waals surface area contributed by atoms with Gasteiger partial charge in [-0.3, -0.25) is 9.59 Å². The molecule has 1 atom stereocenters. The summed E-state index contributed by atoms with van der Waals surface area (Å²) in [4.78, 5) is 39.4. The molecule has 0 bridgehead atoms. The molecule has 2 fully saturated rings. The van der Waals surface area contributed by atoms with Crippen LogP contribution in [-0.2, 0) is 28.9 Å². The van der Waals surface area contributed by atoms with Gasteiger partial charge in [-0.15, -0.1) is 0 Å². The van der Waals surface area contributed by atoms with Gasteiger partial charge in [-0.05, 0) is 54.5 Å². The summed E-state index contributed by atoms with van der Waals surface area (Å²) in [6.45, 7) is 3.06. The number of H-pyrrole nitrogens is 2. The summed E-state index contributed by atoms with van der Waals surface area (Å²) in [7, 11) is 0. The number of piperazine rings is 1. The standard InChI is InChI=1S/C35H37N5O2/c41-33-32(22-27-24-37-31-13-7-5-11-29(27)31)38-34(42)35(16-20-39(21-17-35)18-14-25-8-2-1-3-9-25)40(33)19-15-26-23-36-30-12-6-4-10-28(26)30/h1-13,23-24,32,36-37H,14-22H2,(H,38,42). The van der Waals surface area contributed by atoms with Gasteiger partial charge in [-0.2, -0.15) is 0 Å². The Labute approximate surface area is 245 Å². The Bertz CT molecular complexity index is 1710. The number of hydrogen-bond acceptors (Lipinski definition) is 3. The van der Waals surface area contributed by atoms with Crippen LogP contribution in [0.1, 0.15) is 29.5 Å². The third-order valence-electron chi connectivity index (χ3n) is 9.43. The predicted molar refractivity (Wildman–Crippen MR) is 166 cm³/mol. The maximum atomic E-state index is 14.3. The molecule has 3 N–H and O–H groups in total. The normalized spacial score (nSPS) is 19.1. The van der Waals surface area contributed by atoms with Gasteiger partial charge in [-0.1, -0.05) is 66.7 Å². The molecule has 7 nitrogen and oxygen atoms in total. The maximum Gasteiger partial charge on any atom is 0.246 e. The zero-order valence-electron chi connectivity index (χ0n) is 23.8. The van der Waals surface area contributed by atoms with Crippen LogP contribution in [0.3, 0.4) is 0 Å². The number of piperidine rings is 1. The van der Waals surface area contributed by atoms with Gasteiger partial charge in [0.15, 0.2) is 0 Å². The van der Waals surface area contributed by atoms with Crippen LogP contribution in [0.25, 0.3) is 21.8 Å². The third kappa shape index (κ3) is 4.88. The molecule has 4 heterocycles. The summed E-state index contributed by atoms with van der Waals surface area (Å²) >= 11 is 0.